The first-order valence-electron chi connectivity index (χ1n) is 5.10. The fourth-order valence-corrected chi connectivity index (χ4v) is 3.17. The second-order valence-electron chi connectivity index (χ2n) is 3.84. The summed E-state index contributed by atoms with van der Waals surface area (Å²) in [5, 5.41) is 10.0. The van der Waals surface area contributed by atoms with Crippen molar-refractivity contribution in [2.75, 3.05) is 6.61 Å². The number of aliphatic hydroxyl groups is 1. The highest BCUT2D eigenvalue weighted by molar-refractivity contribution is 7.90. The molecule has 2 N–H and O–H groups in total. The van der Waals surface area contributed by atoms with E-state index < -0.39 is 15.3 Å². The Balaban J connectivity index is 2.54. The average Bonchev–Trinajstić information content (AvgIpc) is 2.67. The Kier molecular flexibility index (Phi) is 4.91. The van der Waals surface area contributed by atoms with Crippen LogP contribution in [0.15, 0.2) is 17.5 Å². The average molecular weight is 263 g/mol. The Labute approximate surface area is 100 Å². The van der Waals surface area contributed by atoms with Crippen LogP contribution < -0.4 is 4.72 Å². The molecule has 0 saturated heterocycles. The normalized spacial score (nSPS) is 15.9. The smallest absolute Gasteiger partial charge is 0.216 e. The molecule has 0 saturated carbocycles. The van der Waals surface area contributed by atoms with Crippen LogP contribution in [0.4, 0.5) is 0 Å². The molecule has 6 heteroatoms. The summed E-state index contributed by atoms with van der Waals surface area (Å²) < 4.78 is 25.8. The third-order valence-corrected chi connectivity index (χ3v) is 5.08. The van der Waals surface area contributed by atoms with E-state index in [-0.39, 0.29) is 12.6 Å². The van der Waals surface area contributed by atoms with Gasteiger partial charge in [0.15, 0.2) is 0 Å². The van der Waals surface area contributed by atoms with Crippen LogP contribution in [-0.4, -0.2) is 31.4 Å². The largest absolute Gasteiger partial charge is 0.395 e. The van der Waals surface area contributed by atoms with Crippen molar-refractivity contribution in [3.8, 4) is 0 Å². The van der Waals surface area contributed by atoms with Gasteiger partial charge in [0.2, 0.25) is 10.0 Å². The third kappa shape index (κ3) is 3.86. The molecule has 1 heterocycles. The van der Waals surface area contributed by atoms with Gasteiger partial charge in [-0.3, -0.25) is 0 Å². The van der Waals surface area contributed by atoms with E-state index in [0.29, 0.717) is 6.42 Å². The zero-order chi connectivity index (χ0) is 12.2. The van der Waals surface area contributed by atoms with E-state index in [1.54, 1.807) is 11.3 Å². The van der Waals surface area contributed by atoms with Crippen molar-refractivity contribution in [2.45, 2.75) is 31.6 Å². The zero-order valence-electron chi connectivity index (χ0n) is 9.38. The molecule has 0 aliphatic rings. The highest BCUT2D eigenvalue weighted by atomic mass is 32.2. The summed E-state index contributed by atoms with van der Waals surface area (Å²) in [6.45, 7) is 2.95. The number of sulfonamides is 1. The molecule has 1 aromatic rings. The first-order valence-corrected chi connectivity index (χ1v) is 7.52. The second kappa shape index (κ2) is 5.77. The van der Waals surface area contributed by atoms with Crippen LogP contribution in [0.1, 0.15) is 18.7 Å². The summed E-state index contributed by atoms with van der Waals surface area (Å²) in [6, 6.07) is 3.76. The maximum absolute atomic E-state index is 11.6. The minimum atomic E-state index is -3.41. The van der Waals surface area contributed by atoms with E-state index in [0.717, 1.165) is 4.88 Å². The summed E-state index contributed by atoms with van der Waals surface area (Å²) in [5.41, 5.74) is 0. The molecule has 16 heavy (non-hydrogen) atoms. The van der Waals surface area contributed by atoms with Crippen LogP contribution in [0.25, 0.3) is 0 Å². The Hall–Kier alpha value is -0.430. The standard InChI is InChI=1S/C10H17NO3S2/c1-8(6-10-4-3-5-15-10)11-16(13,14)9(2)7-12/h3-5,8-9,11-12H,6-7H2,1-2H3. The maximum atomic E-state index is 11.6. The molecular weight excluding hydrogens is 246 g/mol. The Morgan fingerprint density at radius 1 is 1.50 bits per heavy atom. The highest BCUT2D eigenvalue weighted by Gasteiger charge is 2.21. The van der Waals surface area contributed by atoms with Crippen molar-refractivity contribution >= 4 is 21.4 Å². The number of rotatable bonds is 6. The number of hydrogen-bond acceptors (Lipinski definition) is 4. The van der Waals surface area contributed by atoms with Crippen molar-refractivity contribution in [3.63, 3.8) is 0 Å². The van der Waals surface area contributed by atoms with E-state index >= 15 is 0 Å². The molecule has 1 aromatic heterocycles. The van der Waals surface area contributed by atoms with Crippen molar-refractivity contribution in [1.82, 2.24) is 4.72 Å². The number of nitrogens with one attached hydrogen (secondary N) is 1. The summed E-state index contributed by atoms with van der Waals surface area (Å²) in [4.78, 5) is 1.15. The van der Waals surface area contributed by atoms with Gasteiger partial charge in [-0.1, -0.05) is 6.07 Å². The predicted molar refractivity (Wildman–Crippen MR) is 66.1 cm³/mol. The number of hydrogen-bond donors (Lipinski definition) is 2. The molecular formula is C10H17NO3S2. The number of thiophene rings is 1. The maximum Gasteiger partial charge on any atom is 0.216 e. The van der Waals surface area contributed by atoms with E-state index in [1.165, 1.54) is 6.92 Å². The minimum absolute atomic E-state index is 0.155. The minimum Gasteiger partial charge on any atom is -0.395 e. The molecule has 1 rings (SSSR count). The van der Waals surface area contributed by atoms with Crippen molar-refractivity contribution < 1.29 is 13.5 Å². The summed E-state index contributed by atoms with van der Waals surface area (Å²) >= 11 is 1.61. The van der Waals surface area contributed by atoms with E-state index in [4.69, 9.17) is 5.11 Å². The van der Waals surface area contributed by atoms with Gasteiger partial charge in [-0.2, -0.15) is 0 Å². The van der Waals surface area contributed by atoms with Crippen LogP contribution >= 0.6 is 11.3 Å². The Morgan fingerprint density at radius 2 is 2.19 bits per heavy atom. The van der Waals surface area contributed by atoms with Crippen LogP contribution in [0.5, 0.6) is 0 Å². The molecule has 0 aliphatic heterocycles. The summed E-state index contributed by atoms with van der Waals surface area (Å²) in [7, 11) is -3.41. The van der Waals surface area contributed by atoms with Crippen molar-refractivity contribution in [1.29, 1.82) is 0 Å². The zero-order valence-corrected chi connectivity index (χ0v) is 11.0. The molecule has 2 atom stereocenters. The molecule has 0 radical (unpaired) electrons. The first-order chi connectivity index (χ1) is 7.45. The van der Waals surface area contributed by atoms with E-state index in [9.17, 15) is 8.42 Å². The summed E-state index contributed by atoms with van der Waals surface area (Å²) in [5.74, 6) is 0. The van der Waals surface area contributed by atoms with Crippen LogP contribution in [0, 0.1) is 0 Å². The monoisotopic (exact) mass is 263 g/mol. The van der Waals surface area contributed by atoms with Gasteiger partial charge in [-0.05, 0) is 31.7 Å². The van der Waals surface area contributed by atoms with Gasteiger partial charge < -0.3 is 5.11 Å². The van der Waals surface area contributed by atoms with Crippen LogP contribution in [0.3, 0.4) is 0 Å². The SMILES string of the molecule is CC(Cc1cccs1)NS(=O)(=O)C(C)CO. The van der Waals surface area contributed by atoms with E-state index in [2.05, 4.69) is 4.72 Å². The molecule has 0 aliphatic carbocycles. The molecule has 0 spiro atoms. The fourth-order valence-electron chi connectivity index (χ4n) is 1.27. The molecule has 0 amide bonds. The molecule has 2 unspecified atom stereocenters. The Bertz CT molecular complexity index is 400. The molecule has 0 aromatic carbocycles. The molecule has 92 valence electrons. The first kappa shape index (κ1) is 13.6. The van der Waals surface area contributed by atoms with Gasteiger partial charge in [0.05, 0.1) is 11.9 Å². The number of aliphatic hydroxyl groups excluding tert-OH is 1. The van der Waals surface area contributed by atoms with Crippen LogP contribution in [-0.2, 0) is 16.4 Å². The lowest BCUT2D eigenvalue weighted by Crippen LogP contribution is -2.40. The van der Waals surface area contributed by atoms with Gasteiger partial charge in [-0.15, -0.1) is 11.3 Å². The fraction of sp³-hybridized carbons (Fsp3) is 0.600. The quantitative estimate of drug-likeness (QED) is 0.804. The lowest BCUT2D eigenvalue weighted by atomic mass is 10.2. The van der Waals surface area contributed by atoms with Gasteiger partial charge in [0.25, 0.3) is 0 Å². The predicted octanol–water partition coefficient (Wildman–Crippen LogP) is 0.979. The topological polar surface area (TPSA) is 66.4 Å². The van der Waals surface area contributed by atoms with Gasteiger partial charge >= 0.3 is 0 Å². The van der Waals surface area contributed by atoms with Gasteiger partial charge in [0, 0.05) is 10.9 Å². The van der Waals surface area contributed by atoms with Crippen molar-refractivity contribution in [2.24, 2.45) is 0 Å². The second-order valence-corrected chi connectivity index (χ2v) is 7.00. The molecule has 4 nitrogen and oxygen atoms in total. The van der Waals surface area contributed by atoms with Crippen molar-refractivity contribution in [3.05, 3.63) is 22.4 Å². The summed E-state index contributed by atoms with van der Waals surface area (Å²) in [6.07, 6.45) is 0.676. The molecule has 0 fully saturated rings. The van der Waals surface area contributed by atoms with Crippen LogP contribution in [0.2, 0.25) is 0 Å². The highest BCUT2D eigenvalue weighted by Crippen LogP contribution is 2.11. The third-order valence-electron chi connectivity index (χ3n) is 2.24. The Morgan fingerprint density at radius 3 is 2.69 bits per heavy atom. The lowest BCUT2D eigenvalue weighted by molar-refractivity contribution is 0.294. The van der Waals surface area contributed by atoms with Gasteiger partial charge in [0.1, 0.15) is 0 Å². The lowest BCUT2D eigenvalue weighted by Gasteiger charge is -2.16. The van der Waals surface area contributed by atoms with Gasteiger partial charge in [-0.25, -0.2) is 13.1 Å². The molecule has 0 bridgehead atoms. The van der Waals surface area contributed by atoms with E-state index in [1.807, 2.05) is 24.4 Å².